The lowest BCUT2D eigenvalue weighted by Crippen LogP contribution is -2.12. The zero-order valence-electron chi connectivity index (χ0n) is 13.9. The van der Waals surface area contributed by atoms with Crippen molar-refractivity contribution in [3.8, 4) is 0 Å². The molecule has 1 aromatic heterocycles. The number of aryl methyl sites for hydroxylation is 2. The maximum atomic E-state index is 12.4. The molecule has 126 valence electrons. The molecule has 0 aliphatic rings. The smallest absolute Gasteiger partial charge is 0.255 e. The molecular formula is C19H17ClN4O. The van der Waals surface area contributed by atoms with Gasteiger partial charge in [-0.05, 0) is 62.4 Å². The monoisotopic (exact) mass is 352 g/mol. The van der Waals surface area contributed by atoms with E-state index in [9.17, 15) is 4.79 Å². The van der Waals surface area contributed by atoms with Crippen LogP contribution in [-0.2, 0) is 0 Å². The molecule has 3 rings (SSSR count). The Hall–Kier alpha value is -2.92. The number of amides is 1. The molecule has 0 bridgehead atoms. The predicted octanol–water partition coefficient (Wildman–Crippen LogP) is 4.74. The molecule has 0 radical (unpaired) electrons. The van der Waals surface area contributed by atoms with Crippen molar-refractivity contribution in [3.63, 3.8) is 0 Å². The van der Waals surface area contributed by atoms with Crippen molar-refractivity contribution in [1.82, 2.24) is 9.97 Å². The number of halogens is 1. The standard InChI is InChI=1S/C19H17ClN4O/c1-12-10-13(2)22-19(21-12)24-17-5-3-4-14(11-17)18(25)23-16-8-6-15(20)7-9-16/h3-11H,1-2H3,(H,23,25)(H,21,22,24). The summed E-state index contributed by atoms with van der Waals surface area (Å²) in [7, 11) is 0. The normalized spacial score (nSPS) is 10.4. The summed E-state index contributed by atoms with van der Waals surface area (Å²) in [5, 5.41) is 6.59. The Balaban J connectivity index is 1.76. The van der Waals surface area contributed by atoms with Gasteiger partial charge in [0.25, 0.3) is 5.91 Å². The van der Waals surface area contributed by atoms with E-state index >= 15 is 0 Å². The van der Waals surface area contributed by atoms with E-state index in [1.54, 1.807) is 36.4 Å². The molecule has 6 heteroatoms. The van der Waals surface area contributed by atoms with Crippen molar-refractivity contribution in [1.29, 1.82) is 0 Å². The molecule has 0 saturated heterocycles. The van der Waals surface area contributed by atoms with Gasteiger partial charge in [0.15, 0.2) is 0 Å². The Morgan fingerprint density at radius 3 is 2.28 bits per heavy atom. The van der Waals surface area contributed by atoms with E-state index in [1.165, 1.54) is 0 Å². The molecule has 1 amide bonds. The largest absolute Gasteiger partial charge is 0.324 e. The van der Waals surface area contributed by atoms with Gasteiger partial charge in [-0.25, -0.2) is 9.97 Å². The van der Waals surface area contributed by atoms with E-state index in [0.717, 1.165) is 17.1 Å². The van der Waals surface area contributed by atoms with Crippen LogP contribution in [0.4, 0.5) is 17.3 Å². The number of nitrogens with zero attached hydrogens (tertiary/aromatic N) is 2. The number of hydrogen-bond donors (Lipinski definition) is 2. The number of anilines is 3. The second-order valence-corrected chi connectivity index (χ2v) is 6.08. The number of aromatic nitrogens is 2. The van der Waals surface area contributed by atoms with Crippen LogP contribution in [0.2, 0.25) is 5.02 Å². The highest BCUT2D eigenvalue weighted by Gasteiger charge is 2.08. The molecule has 2 N–H and O–H groups in total. The zero-order valence-corrected chi connectivity index (χ0v) is 14.6. The van der Waals surface area contributed by atoms with E-state index in [1.807, 2.05) is 32.0 Å². The Morgan fingerprint density at radius 1 is 0.920 bits per heavy atom. The van der Waals surface area contributed by atoms with Gasteiger partial charge < -0.3 is 10.6 Å². The van der Waals surface area contributed by atoms with Crippen molar-refractivity contribution < 1.29 is 4.79 Å². The number of carbonyl (C=O) groups is 1. The first kappa shape index (κ1) is 16.9. The van der Waals surface area contributed by atoms with Crippen LogP contribution in [0, 0.1) is 13.8 Å². The Morgan fingerprint density at radius 2 is 1.60 bits per heavy atom. The fourth-order valence-electron chi connectivity index (χ4n) is 2.39. The summed E-state index contributed by atoms with van der Waals surface area (Å²) < 4.78 is 0. The summed E-state index contributed by atoms with van der Waals surface area (Å²) in [6, 6.07) is 16.0. The van der Waals surface area contributed by atoms with E-state index in [2.05, 4.69) is 20.6 Å². The molecule has 0 atom stereocenters. The number of carbonyl (C=O) groups excluding carboxylic acids is 1. The predicted molar refractivity (Wildman–Crippen MR) is 101 cm³/mol. The molecular weight excluding hydrogens is 336 g/mol. The number of hydrogen-bond acceptors (Lipinski definition) is 4. The average molecular weight is 353 g/mol. The lowest BCUT2D eigenvalue weighted by Gasteiger charge is -2.09. The molecule has 2 aromatic carbocycles. The Bertz CT molecular complexity index is 889. The topological polar surface area (TPSA) is 66.9 Å². The third-order valence-electron chi connectivity index (χ3n) is 3.47. The fourth-order valence-corrected chi connectivity index (χ4v) is 2.51. The van der Waals surface area contributed by atoms with Crippen LogP contribution in [0.1, 0.15) is 21.7 Å². The van der Waals surface area contributed by atoms with E-state index in [4.69, 9.17) is 11.6 Å². The third kappa shape index (κ3) is 4.55. The quantitative estimate of drug-likeness (QED) is 0.711. The van der Waals surface area contributed by atoms with Gasteiger partial charge in [-0.3, -0.25) is 4.79 Å². The van der Waals surface area contributed by atoms with Gasteiger partial charge in [-0.2, -0.15) is 0 Å². The van der Waals surface area contributed by atoms with Crippen molar-refractivity contribution in [2.75, 3.05) is 10.6 Å². The summed E-state index contributed by atoms with van der Waals surface area (Å²) in [4.78, 5) is 21.1. The number of nitrogens with one attached hydrogen (secondary N) is 2. The maximum absolute atomic E-state index is 12.4. The third-order valence-corrected chi connectivity index (χ3v) is 3.72. The first-order valence-corrected chi connectivity index (χ1v) is 8.14. The van der Waals surface area contributed by atoms with Gasteiger partial charge in [0, 0.05) is 33.3 Å². The Kier molecular flexibility index (Phi) is 4.95. The first-order chi connectivity index (χ1) is 12.0. The minimum atomic E-state index is -0.202. The highest BCUT2D eigenvalue weighted by molar-refractivity contribution is 6.30. The van der Waals surface area contributed by atoms with Crippen LogP contribution in [0.15, 0.2) is 54.6 Å². The van der Waals surface area contributed by atoms with Gasteiger partial charge >= 0.3 is 0 Å². The molecule has 5 nitrogen and oxygen atoms in total. The molecule has 0 aliphatic carbocycles. The lowest BCUT2D eigenvalue weighted by atomic mass is 10.2. The average Bonchev–Trinajstić information content (AvgIpc) is 2.56. The van der Waals surface area contributed by atoms with Crippen LogP contribution in [0.3, 0.4) is 0 Å². The second-order valence-electron chi connectivity index (χ2n) is 5.64. The second kappa shape index (κ2) is 7.32. The van der Waals surface area contributed by atoms with E-state index in [-0.39, 0.29) is 5.91 Å². The summed E-state index contributed by atoms with van der Waals surface area (Å²) in [5.41, 5.74) is 3.72. The minimum absolute atomic E-state index is 0.202. The van der Waals surface area contributed by atoms with Gasteiger partial charge in [-0.15, -0.1) is 0 Å². The zero-order chi connectivity index (χ0) is 17.8. The fraction of sp³-hybridized carbons (Fsp3) is 0.105. The molecule has 0 fully saturated rings. The van der Waals surface area contributed by atoms with Crippen molar-refractivity contribution in [2.24, 2.45) is 0 Å². The first-order valence-electron chi connectivity index (χ1n) is 7.76. The minimum Gasteiger partial charge on any atom is -0.324 e. The maximum Gasteiger partial charge on any atom is 0.255 e. The van der Waals surface area contributed by atoms with Crippen LogP contribution in [0.5, 0.6) is 0 Å². The molecule has 0 unspecified atom stereocenters. The van der Waals surface area contributed by atoms with Crippen LogP contribution in [-0.4, -0.2) is 15.9 Å². The summed E-state index contributed by atoms with van der Waals surface area (Å²) in [6.45, 7) is 3.83. The SMILES string of the molecule is Cc1cc(C)nc(Nc2cccc(C(=O)Nc3ccc(Cl)cc3)c2)n1. The molecule has 0 aliphatic heterocycles. The van der Waals surface area contributed by atoms with Gasteiger partial charge in [0.05, 0.1) is 0 Å². The van der Waals surface area contributed by atoms with Crippen LogP contribution in [0.25, 0.3) is 0 Å². The summed E-state index contributed by atoms with van der Waals surface area (Å²) in [5.74, 6) is 0.306. The summed E-state index contributed by atoms with van der Waals surface area (Å²) in [6.07, 6.45) is 0. The highest BCUT2D eigenvalue weighted by atomic mass is 35.5. The number of benzene rings is 2. The van der Waals surface area contributed by atoms with E-state index < -0.39 is 0 Å². The highest BCUT2D eigenvalue weighted by Crippen LogP contribution is 2.18. The van der Waals surface area contributed by atoms with Crippen molar-refractivity contribution in [3.05, 3.63) is 76.6 Å². The molecule has 1 heterocycles. The molecule has 0 saturated carbocycles. The molecule has 0 spiro atoms. The van der Waals surface area contributed by atoms with Crippen LogP contribution >= 0.6 is 11.6 Å². The molecule has 25 heavy (non-hydrogen) atoms. The van der Waals surface area contributed by atoms with Crippen molar-refractivity contribution in [2.45, 2.75) is 13.8 Å². The number of rotatable bonds is 4. The Labute approximate surface area is 151 Å². The van der Waals surface area contributed by atoms with Gasteiger partial charge in [0.2, 0.25) is 5.95 Å². The van der Waals surface area contributed by atoms with Crippen molar-refractivity contribution >= 4 is 34.8 Å². The van der Waals surface area contributed by atoms with Crippen LogP contribution < -0.4 is 10.6 Å². The van der Waals surface area contributed by atoms with Gasteiger partial charge in [-0.1, -0.05) is 17.7 Å². The van der Waals surface area contributed by atoms with E-state index in [0.29, 0.717) is 22.2 Å². The lowest BCUT2D eigenvalue weighted by molar-refractivity contribution is 0.102. The van der Waals surface area contributed by atoms with Gasteiger partial charge in [0.1, 0.15) is 0 Å². The summed E-state index contributed by atoms with van der Waals surface area (Å²) >= 11 is 5.85. The molecule has 3 aromatic rings.